The Morgan fingerprint density at radius 1 is 1.06 bits per heavy atom. The normalized spacial score (nSPS) is 11.4. The second kappa shape index (κ2) is 4.62. The Bertz CT molecular complexity index is 495. The van der Waals surface area contributed by atoms with E-state index in [1.165, 1.54) is 0 Å². The van der Waals surface area contributed by atoms with Crippen LogP contribution in [0, 0.1) is 0 Å². The van der Waals surface area contributed by atoms with Gasteiger partial charge in [0.2, 0.25) is 0 Å². The molecule has 2 heteroatoms. The molecule has 80 valence electrons. The fraction of sp³-hybridized carbons (Fsp3) is 0.0714. The van der Waals surface area contributed by atoms with Crippen molar-refractivity contribution in [3.05, 3.63) is 66.5 Å². The van der Waals surface area contributed by atoms with Crippen LogP contribution >= 0.6 is 0 Å². The van der Waals surface area contributed by atoms with Crippen LogP contribution < -0.4 is 0 Å². The lowest BCUT2D eigenvalue weighted by Gasteiger charge is -2.01. The van der Waals surface area contributed by atoms with Gasteiger partial charge in [0.1, 0.15) is 0 Å². The Morgan fingerprint density at radius 3 is 2.31 bits per heavy atom. The molecule has 2 nitrogen and oxygen atoms in total. The summed E-state index contributed by atoms with van der Waals surface area (Å²) in [5.41, 5.74) is 2.04. The van der Waals surface area contributed by atoms with E-state index in [-0.39, 0.29) is 5.91 Å². The summed E-state index contributed by atoms with van der Waals surface area (Å²) >= 11 is 0. The average molecular weight is 211 g/mol. The van der Waals surface area contributed by atoms with E-state index < -0.39 is 0 Å². The molecule has 0 bridgehead atoms. The molecule has 16 heavy (non-hydrogen) atoms. The highest BCUT2D eigenvalue weighted by Crippen LogP contribution is 2.12. The van der Waals surface area contributed by atoms with Gasteiger partial charge in [-0.1, -0.05) is 30.3 Å². The number of benzene rings is 1. The molecule has 1 heterocycles. The smallest absolute Gasteiger partial charge is 0.254 e. The van der Waals surface area contributed by atoms with Crippen molar-refractivity contribution in [2.45, 2.75) is 6.92 Å². The maximum absolute atomic E-state index is 11.8. The monoisotopic (exact) mass is 211 g/mol. The van der Waals surface area contributed by atoms with E-state index in [1.807, 2.05) is 49.4 Å². The summed E-state index contributed by atoms with van der Waals surface area (Å²) in [6, 6.07) is 13.6. The third-order valence-corrected chi connectivity index (χ3v) is 2.43. The van der Waals surface area contributed by atoms with Gasteiger partial charge in [0, 0.05) is 18.5 Å². The molecule has 0 fully saturated rings. The fourth-order valence-corrected chi connectivity index (χ4v) is 1.53. The lowest BCUT2D eigenvalue weighted by Crippen LogP contribution is -2.04. The Morgan fingerprint density at radius 2 is 1.69 bits per heavy atom. The molecule has 2 rings (SSSR count). The maximum atomic E-state index is 11.8. The van der Waals surface area contributed by atoms with Crippen molar-refractivity contribution in [3.8, 4) is 0 Å². The first kappa shape index (κ1) is 10.4. The van der Waals surface area contributed by atoms with Crippen LogP contribution in [0.2, 0.25) is 0 Å². The first-order valence-electron chi connectivity index (χ1n) is 5.18. The molecule has 0 aliphatic rings. The van der Waals surface area contributed by atoms with Crippen LogP contribution in [-0.4, -0.2) is 10.5 Å². The predicted molar refractivity (Wildman–Crippen MR) is 65.2 cm³/mol. The van der Waals surface area contributed by atoms with Gasteiger partial charge in [0.05, 0.1) is 0 Å². The molecule has 0 saturated carbocycles. The van der Waals surface area contributed by atoms with Crippen LogP contribution in [0.15, 0.2) is 60.9 Å². The van der Waals surface area contributed by atoms with E-state index in [0.717, 1.165) is 11.1 Å². The van der Waals surface area contributed by atoms with E-state index >= 15 is 0 Å². The number of hydrogen-bond acceptors (Lipinski definition) is 1. The summed E-state index contributed by atoms with van der Waals surface area (Å²) in [5.74, 6) is -0.0219. The highest BCUT2D eigenvalue weighted by Gasteiger charge is 2.01. The molecule has 0 radical (unpaired) electrons. The molecule has 0 aliphatic heterocycles. The molecule has 0 aliphatic carbocycles. The van der Waals surface area contributed by atoms with Crippen molar-refractivity contribution in [2.24, 2.45) is 0 Å². The van der Waals surface area contributed by atoms with E-state index in [4.69, 9.17) is 0 Å². The molecule has 0 spiro atoms. The minimum Gasteiger partial charge on any atom is -0.291 e. The lowest BCUT2D eigenvalue weighted by atomic mass is 10.1. The zero-order valence-electron chi connectivity index (χ0n) is 9.13. The Hall–Kier alpha value is -2.09. The number of rotatable bonds is 2. The number of allylic oxidation sites excluding steroid dienone is 2. The van der Waals surface area contributed by atoms with Gasteiger partial charge in [-0.25, -0.2) is 0 Å². The minimum atomic E-state index is -0.0219. The Balaban J connectivity index is 2.23. The zero-order valence-corrected chi connectivity index (χ0v) is 9.13. The second-order valence-corrected chi connectivity index (χ2v) is 3.62. The van der Waals surface area contributed by atoms with E-state index in [1.54, 1.807) is 23.0 Å². The lowest BCUT2D eigenvalue weighted by molar-refractivity contribution is 0.0970. The van der Waals surface area contributed by atoms with Crippen molar-refractivity contribution >= 4 is 11.5 Å². The maximum Gasteiger partial charge on any atom is 0.254 e. The van der Waals surface area contributed by atoms with Gasteiger partial charge in [-0.05, 0) is 30.2 Å². The molecule has 1 aromatic heterocycles. The average Bonchev–Trinajstić information content (AvgIpc) is 2.83. The van der Waals surface area contributed by atoms with Crippen LogP contribution in [0.5, 0.6) is 0 Å². The summed E-state index contributed by atoms with van der Waals surface area (Å²) in [6.07, 6.45) is 5.14. The van der Waals surface area contributed by atoms with Crippen LogP contribution in [0.3, 0.4) is 0 Å². The Labute approximate surface area is 94.8 Å². The molecule has 0 unspecified atom stereocenters. The number of carbonyl (C=O) groups excluding carboxylic acids is 1. The van der Waals surface area contributed by atoms with Crippen LogP contribution in [0.1, 0.15) is 17.3 Å². The molecular formula is C14H13NO. The minimum absolute atomic E-state index is 0.0219. The molecule has 0 N–H and O–H groups in total. The van der Waals surface area contributed by atoms with Crippen molar-refractivity contribution in [3.63, 3.8) is 0 Å². The summed E-state index contributed by atoms with van der Waals surface area (Å²) in [7, 11) is 0. The molecule has 2 aromatic rings. The highest BCUT2D eigenvalue weighted by atomic mass is 16.1. The van der Waals surface area contributed by atoms with Gasteiger partial charge in [-0.3, -0.25) is 9.36 Å². The summed E-state index contributed by atoms with van der Waals surface area (Å²) < 4.78 is 1.56. The topological polar surface area (TPSA) is 22.0 Å². The SMILES string of the molecule is C/C(=C/C(=O)n1cccc1)c1ccccc1. The van der Waals surface area contributed by atoms with Crippen LogP contribution in [-0.2, 0) is 0 Å². The number of carbonyl (C=O) groups is 1. The van der Waals surface area contributed by atoms with Gasteiger partial charge in [-0.2, -0.15) is 0 Å². The quantitative estimate of drug-likeness (QED) is 0.699. The predicted octanol–water partition coefficient (Wildman–Crippen LogP) is 3.23. The van der Waals surface area contributed by atoms with Crippen molar-refractivity contribution < 1.29 is 4.79 Å². The third kappa shape index (κ3) is 2.28. The van der Waals surface area contributed by atoms with Crippen molar-refractivity contribution in [1.82, 2.24) is 4.57 Å². The van der Waals surface area contributed by atoms with Gasteiger partial charge in [0.15, 0.2) is 0 Å². The first-order chi connectivity index (χ1) is 7.77. The van der Waals surface area contributed by atoms with Gasteiger partial charge >= 0.3 is 0 Å². The molecule has 0 atom stereocenters. The van der Waals surface area contributed by atoms with E-state index in [0.29, 0.717) is 0 Å². The summed E-state index contributed by atoms with van der Waals surface area (Å²) in [6.45, 7) is 1.94. The molecule has 0 amide bonds. The first-order valence-corrected chi connectivity index (χ1v) is 5.18. The molecule has 1 aromatic carbocycles. The van der Waals surface area contributed by atoms with Gasteiger partial charge < -0.3 is 0 Å². The van der Waals surface area contributed by atoms with Crippen LogP contribution in [0.4, 0.5) is 0 Å². The fourth-order valence-electron chi connectivity index (χ4n) is 1.53. The standard InChI is InChI=1S/C14H13NO/c1-12(13-7-3-2-4-8-13)11-14(16)15-9-5-6-10-15/h2-11H,1H3/b12-11-. The number of nitrogens with zero attached hydrogens (tertiary/aromatic N) is 1. The third-order valence-electron chi connectivity index (χ3n) is 2.43. The second-order valence-electron chi connectivity index (χ2n) is 3.62. The van der Waals surface area contributed by atoms with Crippen LogP contribution in [0.25, 0.3) is 5.57 Å². The van der Waals surface area contributed by atoms with E-state index in [2.05, 4.69) is 0 Å². The summed E-state index contributed by atoms with van der Waals surface area (Å²) in [5, 5.41) is 0. The van der Waals surface area contributed by atoms with Gasteiger partial charge in [-0.15, -0.1) is 0 Å². The molecular weight excluding hydrogens is 198 g/mol. The molecule has 0 saturated heterocycles. The van der Waals surface area contributed by atoms with Crippen molar-refractivity contribution in [2.75, 3.05) is 0 Å². The zero-order chi connectivity index (χ0) is 11.4. The van der Waals surface area contributed by atoms with Gasteiger partial charge in [0.25, 0.3) is 5.91 Å². The number of hydrogen-bond donors (Lipinski definition) is 0. The highest BCUT2D eigenvalue weighted by molar-refractivity contribution is 5.96. The largest absolute Gasteiger partial charge is 0.291 e. The van der Waals surface area contributed by atoms with Crippen molar-refractivity contribution in [1.29, 1.82) is 0 Å². The Kier molecular flexibility index (Phi) is 3.01. The number of aromatic nitrogens is 1. The summed E-state index contributed by atoms with van der Waals surface area (Å²) in [4.78, 5) is 11.8. The van der Waals surface area contributed by atoms with E-state index in [9.17, 15) is 4.79 Å².